The lowest BCUT2D eigenvalue weighted by Gasteiger charge is -2.02. The second-order valence-corrected chi connectivity index (χ2v) is 4.16. The Morgan fingerprint density at radius 2 is 2.10 bits per heavy atom. The van der Waals surface area contributed by atoms with E-state index in [1.807, 2.05) is 12.1 Å². The molecule has 6 nitrogen and oxygen atoms in total. The Labute approximate surface area is 114 Å². The zero-order valence-electron chi connectivity index (χ0n) is 10.3. The Bertz CT molecular complexity index is 859. The molecular weight excluding hydrogens is 254 g/mol. The van der Waals surface area contributed by atoms with E-state index in [4.69, 9.17) is 11.0 Å². The number of nitrogens with zero attached hydrogens (tertiary/aromatic N) is 4. The van der Waals surface area contributed by atoms with E-state index in [2.05, 4.69) is 10.1 Å². The summed E-state index contributed by atoms with van der Waals surface area (Å²) in [7, 11) is 0. The normalized spacial score (nSPS) is 10.3. The van der Waals surface area contributed by atoms with Gasteiger partial charge in [0, 0.05) is 17.1 Å². The predicted molar refractivity (Wildman–Crippen MR) is 72.8 cm³/mol. The quantitative estimate of drug-likeness (QED) is 0.718. The molecule has 1 aromatic carbocycles. The zero-order chi connectivity index (χ0) is 14.1. The minimum absolute atomic E-state index is 0.181. The van der Waals surface area contributed by atoms with Gasteiger partial charge in [-0.15, -0.1) is 5.10 Å². The van der Waals surface area contributed by atoms with Crippen molar-refractivity contribution in [2.75, 3.05) is 5.73 Å². The van der Waals surface area contributed by atoms with E-state index in [-0.39, 0.29) is 11.6 Å². The van der Waals surface area contributed by atoms with Crippen LogP contribution in [-0.2, 0) is 0 Å². The van der Waals surface area contributed by atoms with Crippen LogP contribution in [-0.4, -0.2) is 20.7 Å². The first-order valence-electron chi connectivity index (χ1n) is 5.85. The van der Waals surface area contributed by atoms with Crippen molar-refractivity contribution >= 4 is 22.6 Å². The standard InChI is InChI=1S/C14H9N5O/c15-8-10-7-9(5-6-17-10)14(20)19-12-4-2-1-3-11(12)13(16)18-19/h1-7H,(H2,16,18). The summed E-state index contributed by atoms with van der Waals surface area (Å²) >= 11 is 0. The third-order valence-electron chi connectivity index (χ3n) is 2.93. The van der Waals surface area contributed by atoms with Crippen LogP contribution < -0.4 is 5.73 Å². The fourth-order valence-corrected chi connectivity index (χ4v) is 1.99. The van der Waals surface area contributed by atoms with Crippen molar-refractivity contribution in [1.29, 1.82) is 5.26 Å². The Kier molecular flexibility index (Phi) is 2.66. The molecule has 0 fully saturated rings. The summed E-state index contributed by atoms with van der Waals surface area (Å²) in [4.78, 5) is 16.3. The maximum absolute atomic E-state index is 12.4. The van der Waals surface area contributed by atoms with E-state index < -0.39 is 0 Å². The number of carbonyl (C=O) groups excluding carboxylic acids is 1. The van der Waals surface area contributed by atoms with Crippen molar-refractivity contribution in [3.8, 4) is 6.07 Å². The second-order valence-electron chi connectivity index (χ2n) is 4.16. The summed E-state index contributed by atoms with van der Waals surface area (Å²) in [5.41, 5.74) is 6.95. The van der Waals surface area contributed by atoms with Crippen molar-refractivity contribution in [1.82, 2.24) is 14.8 Å². The summed E-state index contributed by atoms with van der Waals surface area (Å²) in [6.45, 7) is 0. The third kappa shape index (κ3) is 1.78. The van der Waals surface area contributed by atoms with Gasteiger partial charge in [0.1, 0.15) is 11.8 Å². The van der Waals surface area contributed by atoms with Gasteiger partial charge in [-0.2, -0.15) is 9.94 Å². The Hall–Kier alpha value is -3.20. The van der Waals surface area contributed by atoms with E-state index in [9.17, 15) is 4.79 Å². The van der Waals surface area contributed by atoms with Gasteiger partial charge >= 0.3 is 0 Å². The number of nitrogens with two attached hydrogens (primary N) is 1. The first-order valence-corrected chi connectivity index (χ1v) is 5.85. The van der Waals surface area contributed by atoms with Crippen LogP contribution >= 0.6 is 0 Å². The summed E-state index contributed by atoms with van der Waals surface area (Å²) in [6.07, 6.45) is 1.42. The van der Waals surface area contributed by atoms with E-state index in [0.717, 1.165) is 5.39 Å². The molecule has 96 valence electrons. The van der Waals surface area contributed by atoms with Crippen LogP contribution in [0.3, 0.4) is 0 Å². The number of nitrogen functional groups attached to an aromatic ring is 1. The number of rotatable bonds is 1. The van der Waals surface area contributed by atoms with Crippen LogP contribution in [0.4, 0.5) is 5.82 Å². The van der Waals surface area contributed by atoms with Crippen LogP contribution in [0.2, 0.25) is 0 Å². The van der Waals surface area contributed by atoms with Gasteiger partial charge in [-0.05, 0) is 24.3 Å². The zero-order valence-corrected chi connectivity index (χ0v) is 10.3. The molecule has 2 heterocycles. The van der Waals surface area contributed by atoms with Gasteiger partial charge in [-0.3, -0.25) is 4.79 Å². The molecule has 3 rings (SSSR count). The van der Waals surface area contributed by atoms with Gasteiger partial charge in [0.15, 0.2) is 5.82 Å². The van der Waals surface area contributed by atoms with Crippen molar-refractivity contribution in [2.45, 2.75) is 0 Å². The smallest absolute Gasteiger partial charge is 0.278 e. The van der Waals surface area contributed by atoms with Crippen LogP contribution in [0.1, 0.15) is 16.1 Å². The molecule has 0 saturated carbocycles. The lowest BCUT2D eigenvalue weighted by atomic mass is 10.2. The Morgan fingerprint density at radius 1 is 1.30 bits per heavy atom. The average molecular weight is 263 g/mol. The van der Waals surface area contributed by atoms with Crippen molar-refractivity contribution < 1.29 is 4.79 Å². The van der Waals surface area contributed by atoms with Gasteiger partial charge in [0.05, 0.1) is 5.52 Å². The number of aromatic nitrogens is 3. The van der Waals surface area contributed by atoms with Crippen LogP contribution in [0.25, 0.3) is 10.9 Å². The second kappa shape index (κ2) is 4.48. The van der Waals surface area contributed by atoms with Gasteiger partial charge in [0.2, 0.25) is 0 Å². The molecule has 20 heavy (non-hydrogen) atoms. The number of carbonyl (C=O) groups is 1. The molecule has 3 aromatic rings. The Morgan fingerprint density at radius 3 is 2.90 bits per heavy atom. The molecule has 0 atom stereocenters. The van der Waals surface area contributed by atoms with Crippen LogP contribution in [0, 0.1) is 11.3 Å². The summed E-state index contributed by atoms with van der Waals surface area (Å²) in [6, 6.07) is 12.1. The summed E-state index contributed by atoms with van der Waals surface area (Å²) in [5, 5.41) is 13.6. The fraction of sp³-hybridized carbons (Fsp3) is 0. The molecule has 0 aliphatic carbocycles. The molecule has 6 heteroatoms. The number of nitriles is 1. The van der Waals surface area contributed by atoms with Crippen LogP contribution in [0.5, 0.6) is 0 Å². The number of hydrogen-bond donors (Lipinski definition) is 1. The number of pyridine rings is 1. The number of benzene rings is 1. The fourth-order valence-electron chi connectivity index (χ4n) is 1.99. The minimum atomic E-state index is -0.350. The van der Waals surface area contributed by atoms with E-state index >= 15 is 0 Å². The average Bonchev–Trinajstić information content (AvgIpc) is 2.84. The summed E-state index contributed by atoms with van der Waals surface area (Å²) < 4.78 is 1.24. The molecular formula is C14H9N5O. The minimum Gasteiger partial charge on any atom is -0.382 e. The van der Waals surface area contributed by atoms with E-state index in [0.29, 0.717) is 16.9 Å². The molecule has 2 N–H and O–H groups in total. The van der Waals surface area contributed by atoms with Crippen molar-refractivity contribution in [2.24, 2.45) is 0 Å². The molecule has 0 radical (unpaired) electrons. The van der Waals surface area contributed by atoms with Gasteiger partial charge in [0.25, 0.3) is 5.91 Å². The highest BCUT2D eigenvalue weighted by atomic mass is 16.2. The molecule has 0 spiro atoms. The monoisotopic (exact) mass is 263 g/mol. The van der Waals surface area contributed by atoms with Crippen molar-refractivity contribution in [3.63, 3.8) is 0 Å². The molecule has 0 aliphatic rings. The van der Waals surface area contributed by atoms with Gasteiger partial charge in [-0.25, -0.2) is 4.98 Å². The lowest BCUT2D eigenvalue weighted by Crippen LogP contribution is -2.14. The summed E-state index contributed by atoms with van der Waals surface area (Å²) in [5.74, 6) is -0.0553. The third-order valence-corrected chi connectivity index (χ3v) is 2.93. The molecule has 0 bridgehead atoms. The number of hydrogen-bond acceptors (Lipinski definition) is 5. The Balaban J connectivity index is 2.16. The molecule has 0 saturated heterocycles. The first-order chi connectivity index (χ1) is 9.70. The lowest BCUT2D eigenvalue weighted by molar-refractivity contribution is 0.0950. The predicted octanol–water partition coefficient (Wildman–Crippen LogP) is 1.57. The maximum Gasteiger partial charge on any atom is 0.278 e. The topological polar surface area (TPSA) is 97.6 Å². The largest absolute Gasteiger partial charge is 0.382 e. The SMILES string of the molecule is N#Cc1cc(C(=O)n2nc(N)c3ccccc32)ccn1. The van der Waals surface area contributed by atoms with Gasteiger partial charge < -0.3 is 5.73 Å². The van der Waals surface area contributed by atoms with Gasteiger partial charge in [-0.1, -0.05) is 12.1 Å². The molecule has 0 amide bonds. The highest BCUT2D eigenvalue weighted by molar-refractivity contribution is 6.03. The number of fused-ring (bicyclic) bond motifs is 1. The van der Waals surface area contributed by atoms with E-state index in [1.54, 1.807) is 18.2 Å². The maximum atomic E-state index is 12.4. The van der Waals surface area contributed by atoms with E-state index in [1.165, 1.54) is 23.0 Å². The molecule has 0 aliphatic heterocycles. The number of para-hydroxylation sites is 1. The highest BCUT2D eigenvalue weighted by Gasteiger charge is 2.15. The first kappa shape index (κ1) is 11.9. The molecule has 0 unspecified atom stereocenters. The number of anilines is 1. The highest BCUT2D eigenvalue weighted by Crippen LogP contribution is 2.20. The molecule has 2 aromatic heterocycles. The van der Waals surface area contributed by atoms with Crippen molar-refractivity contribution in [3.05, 3.63) is 53.9 Å². The van der Waals surface area contributed by atoms with Crippen LogP contribution in [0.15, 0.2) is 42.6 Å².